The van der Waals surface area contributed by atoms with Crippen molar-refractivity contribution >= 4 is 0 Å². The summed E-state index contributed by atoms with van der Waals surface area (Å²) in [6.45, 7) is 11.0. The van der Waals surface area contributed by atoms with Crippen LogP contribution in [0.4, 0.5) is 0 Å². The topological polar surface area (TPSA) is 15.3 Å². The summed E-state index contributed by atoms with van der Waals surface area (Å²) in [5.41, 5.74) is 0. The predicted octanol–water partition coefficient (Wildman–Crippen LogP) is 2.49. The molecule has 0 aromatic rings. The Bertz CT molecular complexity index is 215. The first-order valence-electron chi connectivity index (χ1n) is 7.14. The van der Waals surface area contributed by atoms with Gasteiger partial charge in [0.25, 0.3) is 0 Å². The second-order valence-corrected chi connectivity index (χ2v) is 6.23. The van der Waals surface area contributed by atoms with E-state index in [1.165, 1.54) is 45.3 Å². The second kappa shape index (κ2) is 5.50. The molecule has 0 spiro atoms. The Morgan fingerprint density at radius 1 is 1.31 bits per heavy atom. The van der Waals surface area contributed by atoms with E-state index >= 15 is 0 Å². The van der Waals surface area contributed by atoms with Gasteiger partial charge in [0.1, 0.15) is 0 Å². The summed E-state index contributed by atoms with van der Waals surface area (Å²) < 4.78 is 0. The molecule has 2 nitrogen and oxygen atoms in total. The van der Waals surface area contributed by atoms with Crippen LogP contribution in [0, 0.1) is 11.8 Å². The van der Waals surface area contributed by atoms with Gasteiger partial charge in [0.2, 0.25) is 0 Å². The Morgan fingerprint density at radius 3 is 2.81 bits per heavy atom. The molecule has 1 N–H and O–H groups in total. The van der Waals surface area contributed by atoms with Gasteiger partial charge < -0.3 is 5.32 Å². The highest BCUT2D eigenvalue weighted by atomic mass is 15.2. The number of rotatable bonds is 3. The Balaban J connectivity index is 1.83. The zero-order valence-electron chi connectivity index (χ0n) is 11.2. The molecule has 0 aliphatic carbocycles. The van der Waals surface area contributed by atoms with Gasteiger partial charge in [-0.2, -0.15) is 0 Å². The third-order valence-electron chi connectivity index (χ3n) is 4.40. The van der Waals surface area contributed by atoms with E-state index in [4.69, 9.17) is 0 Å². The maximum absolute atomic E-state index is 3.69. The van der Waals surface area contributed by atoms with Crippen LogP contribution in [0.1, 0.15) is 46.5 Å². The first-order valence-corrected chi connectivity index (χ1v) is 7.14. The van der Waals surface area contributed by atoms with Crippen molar-refractivity contribution in [2.45, 2.75) is 58.5 Å². The van der Waals surface area contributed by atoms with E-state index < -0.39 is 0 Å². The van der Waals surface area contributed by atoms with Crippen molar-refractivity contribution in [1.29, 1.82) is 0 Å². The molecule has 3 atom stereocenters. The summed E-state index contributed by atoms with van der Waals surface area (Å²) >= 11 is 0. The van der Waals surface area contributed by atoms with Crippen LogP contribution in [0.2, 0.25) is 0 Å². The molecule has 94 valence electrons. The number of piperidine rings is 1. The van der Waals surface area contributed by atoms with Gasteiger partial charge in [-0.1, -0.05) is 20.8 Å². The van der Waals surface area contributed by atoms with Crippen LogP contribution in [0.3, 0.4) is 0 Å². The van der Waals surface area contributed by atoms with E-state index in [2.05, 4.69) is 31.0 Å². The average molecular weight is 224 g/mol. The molecule has 2 fully saturated rings. The lowest BCUT2D eigenvalue weighted by atomic mass is 9.93. The summed E-state index contributed by atoms with van der Waals surface area (Å²) in [5, 5.41) is 3.69. The standard InChI is InChI=1S/C14H28N2/c1-11(2)14-5-4-8-16(14)10-13-9-12(3)6-7-15-13/h11-15H,4-10H2,1-3H3. The van der Waals surface area contributed by atoms with Crippen LogP contribution in [0.5, 0.6) is 0 Å². The zero-order chi connectivity index (χ0) is 11.5. The van der Waals surface area contributed by atoms with E-state index in [1.807, 2.05) is 0 Å². The molecular weight excluding hydrogens is 196 g/mol. The molecule has 2 saturated heterocycles. The van der Waals surface area contributed by atoms with E-state index in [0.29, 0.717) is 0 Å². The van der Waals surface area contributed by atoms with Crippen LogP contribution in [-0.2, 0) is 0 Å². The van der Waals surface area contributed by atoms with Crippen molar-refractivity contribution in [3.63, 3.8) is 0 Å². The van der Waals surface area contributed by atoms with Crippen molar-refractivity contribution in [2.75, 3.05) is 19.6 Å². The summed E-state index contributed by atoms with van der Waals surface area (Å²) in [5.74, 6) is 1.75. The third kappa shape index (κ3) is 2.98. The fourth-order valence-electron chi connectivity index (χ4n) is 3.48. The molecule has 3 unspecified atom stereocenters. The molecule has 2 heterocycles. The molecule has 0 amide bonds. The summed E-state index contributed by atoms with van der Waals surface area (Å²) in [7, 11) is 0. The molecular formula is C14H28N2. The minimum absolute atomic E-state index is 0.753. The summed E-state index contributed by atoms with van der Waals surface area (Å²) in [6, 6.07) is 1.60. The molecule has 2 rings (SSSR count). The largest absolute Gasteiger partial charge is 0.313 e. The summed E-state index contributed by atoms with van der Waals surface area (Å²) in [4.78, 5) is 2.74. The van der Waals surface area contributed by atoms with Crippen molar-refractivity contribution in [3.8, 4) is 0 Å². The normalized spacial score (nSPS) is 37.1. The molecule has 0 radical (unpaired) electrons. The Hall–Kier alpha value is -0.0800. The van der Waals surface area contributed by atoms with Crippen molar-refractivity contribution in [1.82, 2.24) is 10.2 Å². The molecule has 0 bridgehead atoms. The fraction of sp³-hybridized carbons (Fsp3) is 1.00. The Morgan fingerprint density at radius 2 is 2.12 bits per heavy atom. The van der Waals surface area contributed by atoms with Gasteiger partial charge in [-0.15, -0.1) is 0 Å². The van der Waals surface area contributed by atoms with Gasteiger partial charge in [-0.05, 0) is 50.6 Å². The van der Waals surface area contributed by atoms with Crippen LogP contribution >= 0.6 is 0 Å². The minimum Gasteiger partial charge on any atom is -0.313 e. The molecule has 0 aromatic heterocycles. The lowest BCUT2D eigenvalue weighted by molar-refractivity contribution is 0.166. The van der Waals surface area contributed by atoms with Crippen LogP contribution in [0.15, 0.2) is 0 Å². The third-order valence-corrected chi connectivity index (χ3v) is 4.40. The van der Waals surface area contributed by atoms with Gasteiger partial charge in [0, 0.05) is 18.6 Å². The minimum atomic E-state index is 0.753. The fourth-order valence-corrected chi connectivity index (χ4v) is 3.48. The first kappa shape index (κ1) is 12.4. The Labute approximate surface area is 101 Å². The van der Waals surface area contributed by atoms with E-state index in [1.54, 1.807) is 0 Å². The number of nitrogens with one attached hydrogen (secondary N) is 1. The molecule has 0 aromatic carbocycles. The van der Waals surface area contributed by atoms with Crippen molar-refractivity contribution < 1.29 is 0 Å². The second-order valence-electron chi connectivity index (χ2n) is 6.23. The summed E-state index contributed by atoms with van der Waals surface area (Å²) in [6.07, 6.45) is 5.57. The number of likely N-dealkylation sites (tertiary alicyclic amines) is 1. The monoisotopic (exact) mass is 224 g/mol. The smallest absolute Gasteiger partial charge is 0.0197 e. The van der Waals surface area contributed by atoms with Crippen molar-refractivity contribution in [3.05, 3.63) is 0 Å². The van der Waals surface area contributed by atoms with E-state index in [-0.39, 0.29) is 0 Å². The lowest BCUT2D eigenvalue weighted by Crippen LogP contribution is -2.47. The molecule has 0 saturated carbocycles. The quantitative estimate of drug-likeness (QED) is 0.792. The molecule has 16 heavy (non-hydrogen) atoms. The van der Waals surface area contributed by atoms with E-state index in [0.717, 1.165) is 23.9 Å². The van der Waals surface area contributed by atoms with Gasteiger partial charge in [0.15, 0.2) is 0 Å². The van der Waals surface area contributed by atoms with Gasteiger partial charge in [-0.25, -0.2) is 0 Å². The highest BCUT2D eigenvalue weighted by Gasteiger charge is 2.29. The lowest BCUT2D eigenvalue weighted by Gasteiger charge is -2.35. The van der Waals surface area contributed by atoms with Crippen LogP contribution < -0.4 is 5.32 Å². The SMILES string of the molecule is CC1CCNC(CN2CCCC2C(C)C)C1. The highest BCUT2D eigenvalue weighted by Crippen LogP contribution is 2.25. The van der Waals surface area contributed by atoms with E-state index in [9.17, 15) is 0 Å². The molecule has 2 heteroatoms. The zero-order valence-corrected chi connectivity index (χ0v) is 11.2. The van der Waals surface area contributed by atoms with Gasteiger partial charge in [0.05, 0.1) is 0 Å². The number of hydrogen-bond acceptors (Lipinski definition) is 2. The number of hydrogen-bond donors (Lipinski definition) is 1. The maximum atomic E-state index is 3.69. The van der Waals surface area contributed by atoms with Crippen molar-refractivity contribution in [2.24, 2.45) is 11.8 Å². The van der Waals surface area contributed by atoms with Crippen LogP contribution in [0.25, 0.3) is 0 Å². The average Bonchev–Trinajstić information content (AvgIpc) is 2.66. The Kier molecular flexibility index (Phi) is 4.26. The maximum Gasteiger partial charge on any atom is 0.0197 e. The number of nitrogens with zero attached hydrogens (tertiary/aromatic N) is 1. The van der Waals surface area contributed by atoms with Crippen LogP contribution in [-0.4, -0.2) is 36.6 Å². The van der Waals surface area contributed by atoms with Gasteiger partial charge in [-0.3, -0.25) is 4.90 Å². The molecule has 2 aliphatic heterocycles. The predicted molar refractivity (Wildman–Crippen MR) is 69.6 cm³/mol. The van der Waals surface area contributed by atoms with Gasteiger partial charge >= 0.3 is 0 Å². The molecule has 2 aliphatic rings. The first-order chi connectivity index (χ1) is 7.66. The highest BCUT2D eigenvalue weighted by molar-refractivity contribution is 4.86.